The summed E-state index contributed by atoms with van der Waals surface area (Å²) in [5.41, 5.74) is 2.45. The zero-order chi connectivity index (χ0) is 14.7. The van der Waals surface area contributed by atoms with E-state index < -0.39 is 5.97 Å². The number of ether oxygens (including phenoxy) is 1. The standard InChI is InChI=1S/C13H16N4O3/c1-4-10(16-19)11-6-8(3)17-12(15-11)9(7-14-17)13(18)20-5-2/h6-7,19H,4-5H2,1-3H3. The van der Waals surface area contributed by atoms with E-state index in [1.807, 2.05) is 13.8 Å². The van der Waals surface area contributed by atoms with Crippen LogP contribution in [0.1, 0.15) is 42.0 Å². The summed E-state index contributed by atoms with van der Waals surface area (Å²) in [4.78, 5) is 16.2. The molecule has 7 heteroatoms. The van der Waals surface area contributed by atoms with Gasteiger partial charge in [-0.25, -0.2) is 14.3 Å². The Hall–Kier alpha value is -2.44. The van der Waals surface area contributed by atoms with Gasteiger partial charge in [-0.1, -0.05) is 12.1 Å². The van der Waals surface area contributed by atoms with Gasteiger partial charge in [0.1, 0.15) is 11.3 Å². The second kappa shape index (κ2) is 5.68. The van der Waals surface area contributed by atoms with Crippen molar-refractivity contribution in [2.24, 2.45) is 5.16 Å². The van der Waals surface area contributed by atoms with Gasteiger partial charge in [-0.15, -0.1) is 0 Å². The second-order valence-corrected chi connectivity index (χ2v) is 4.20. The number of aromatic nitrogens is 3. The second-order valence-electron chi connectivity index (χ2n) is 4.20. The minimum absolute atomic E-state index is 0.285. The minimum Gasteiger partial charge on any atom is -0.462 e. The average molecular weight is 276 g/mol. The highest BCUT2D eigenvalue weighted by molar-refractivity contribution is 6.00. The fraction of sp³-hybridized carbons (Fsp3) is 0.385. The molecule has 2 aromatic rings. The molecular formula is C13H16N4O3. The minimum atomic E-state index is -0.467. The summed E-state index contributed by atoms with van der Waals surface area (Å²) in [6.45, 7) is 5.72. The molecule has 0 radical (unpaired) electrons. The lowest BCUT2D eigenvalue weighted by atomic mass is 10.2. The fourth-order valence-electron chi connectivity index (χ4n) is 1.92. The molecule has 0 atom stereocenters. The van der Waals surface area contributed by atoms with Crippen LogP contribution in [0.3, 0.4) is 0 Å². The molecule has 0 amide bonds. The van der Waals surface area contributed by atoms with E-state index in [2.05, 4.69) is 15.2 Å². The van der Waals surface area contributed by atoms with E-state index in [1.165, 1.54) is 6.20 Å². The number of fused-ring (bicyclic) bond motifs is 1. The van der Waals surface area contributed by atoms with Crippen molar-refractivity contribution < 1.29 is 14.7 Å². The molecule has 20 heavy (non-hydrogen) atoms. The van der Waals surface area contributed by atoms with Gasteiger partial charge in [-0.2, -0.15) is 5.10 Å². The molecule has 0 saturated heterocycles. The Kier molecular flexibility index (Phi) is 3.97. The lowest BCUT2D eigenvalue weighted by Crippen LogP contribution is -2.09. The first kappa shape index (κ1) is 14.0. The van der Waals surface area contributed by atoms with Crippen LogP contribution in [0, 0.1) is 6.92 Å². The molecule has 0 fully saturated rings. The van der Waals surface area contributed by atoms with Crippen molar-refractivity contribution in [1.29, 1.82) is 0 Å². The first-order chi connectivity index (χ1) is 9.62. The SMILES string of the molecule is CCOC(=O)c1cnn2c(C)cc(C(CC)=NO)nc12. The van der Waals surface area contributed by atoms with Gasteiger partial charge in [0.05, 0.1) is 18.5 Å². The molecule has 2 aromatic heterocycles. The number of nitrogens with zero attached hydrogens (tertiary/aromatic N) is 4. The Morgan fingerprint density at radius 1 is 1.50 bits per heavy atom. The zero-order valence-electron chi connectivity index (χ0n) is 11.6. The summed E-state index contributed by atoms with van der Waals surface area (Å²) in [7, 11) is 0. The smallest absolute Gasteiger partial charge is 0.343 e. The quantitative estimate of drug-likeness (QED) is 0.398. The molecule has 106 valence electrons. The van der Waals surface area contributed by atoms with Crippen LogP contribution in [-0.2, 0) is 4.74 Å². The van der Waals surface area contributed by atoms with E-state index in [1.54, 1.807) is 17.5 Å². The van der Waals surface area contributed by atoms with Gasteiger partial charge in [0.2, 0.25) is 0 Å². The topological polar surface area (TPSA) is 89.1 Å². The maximum atomic E-state index is 11.9. The number of aryl methyl sites for hydroxylation is 1. The van der Waals surface area contributed by atoms with Crippen LogP contribution >= 0.6 is 0 Å². The van der Waals surface area contributed by atoms with Crippen molar-refractivity contribution in [2.75, 3.05) is 6.61 Å². The van der Waals surface area contributed by atoms with Crippen LogP contribution in [0.15, 0.2) is 17.4 Å². The van der Waals surface area contributed by atoms with E-state index in [4.69, 9.17) is 9.94 Å². The number of rotatable bonds is 4. The van der Waals surface area contributed by atoms with Crippen LogP contribution in [0.2, 0.25) is 0 Å². The fourth-order valence-corrected chi connectivity index (χ4v) is 1.92. The van der Waals surface area contributed by atoms with Gasteiger partial charge in [0, 0.05) is 5.69 Å². The molecule has 0 saturated carbocycles. The van der Waals surface area contributed by atoms with Crippen LogP contribution in [-0.4, -0.2) is 38.1 Å². The normalized spacial score (nSPS) is 11.8. The highest BCUT2D eigenvalue weighted by atomic mass is 16.5. The number of hydrogen-bond donors (Lipinski definition) is 1. The number of esters is 1. The predicted octanol–water partition coefficient (Wildman–Crippen LogP) is 1.80. The summed E-state index contributed by atoms with van der Waals surface area (Å²) in [5.74, 6) is -0.467. The van der Waals surface area contributed by atoms with E-state index in [0.29, 0.717) is 29.0 Å². The molecule has 2 rings (SSSR count). The molecule has 0 aromatic carbocycles. The third-order valence-corrected chi connectivity index (χ3v) is 2.90. The Balaban J connectivity index is 2.61. The van der Waals surface area contributed by atoms with Gasteiger partial charge in [0.25, 0.3) is 0 Å². The summed E-state index contributed by atoms with van der Waals surface area (Å²) in [6.07, 6.45) is 1.96. The van der Waals surface area contributed by atoms with Crippen molar-refractivity contribution in [3.63, 3.8) is 0 Å². The highest BCUT2D eigenvalue weighted by Gasteiger charge is 2.18. The van der Waals surface area contributed by atoms with Crippen molar-refractivity contribution in [3.05, 3.63) is 29.2 Å². The summed E-state index contributed by atoms with van der Waals surface area (Å²) in [5, 5.41) is 16.3. The average Bonchev–Trinajstić information content (AvgIpc) is 2.85. The Morgan fingerprint density at radius 2 is 2.25 bits per heavy atom. The molecule has 0 aliphatic heterocycles. The predicted molar refractivity (Wildman–Crippen MR) is 72.3 cm³/mol. The van der Waals surface area contributed by atoms with Gasteiger partial charge < -0.3 is 9.94 Å². The number of carbonyl (C=O) groups is 1. The molecule has 0 spiro atoms. The van der Waals surface area contributed by atoms with Gasteiger partial charge in [0.15, 0.2) is 5.65 Å². The van der Waals surface area contributed by atoms with Crippen LogP contribution < -0.4 is 0 Å². The highest BCUT2D eigenvalue weighted by Crippen LogP contribution is 2.14. The largest absolute Gasteiger partial charge is 0.462 e. The first-order valence-corrected chi connectivity index (χ1v) is 6.36. The maximum Gasteiger partial charge on any atom is 0.343 e. The summed E-state index contributed by atoms with van der Waals surface area (Å²) >= 11 is 0. The Bertz CT molecular complexity index is 676. The van der Waals surface area contributed by atoms with Crippen LogP contribution in [0.5, 0.6) is 0 Å². The zero-order valence-corrected chi connectivity index (χ0v) is 11.6. The van der Waals surface area contributed by atoms with Crippen molar-refractivity contribution in [1.82, 2.24) is 14.6 Å². The molecule has 0 aliphatic carbocycles. The van der Waals surface area contributed by atoms with Crippen molar-refractivity contribution >= 4 is 17.3 Å². The van der Waals surface area contributed by atoms with Gasteiger partial charge >= 0.3 is 5.97 Å². The Morgan fingerprint density at radius 3 is 2.85 bits per heavy atom. The molecular weight excluding hydrogens is 260 g/mol. The number of oxime groups is 1. The van der Waals surface area contributed by atoms with Crippen LogP contribution in [0.25, 0.3) is 5.65 Å². The summed E-state index contributed by atoms with van der Waals surface area (Å²) in [6, 6.07) is 1.76. The van der Waals surface area contributed by atoms with E-state index >= 15 is 0 Å². The Labute approximate surface area is 115 Å². The lowest BCUT2D eigenvalue weighted by Gasteiger charge is -2.06. The molecule has 0 aliphatic rings. The first-order valence-electron chi connectivity index (χ1n) is 6.36. The van der Waals surface area contributed by atoms with E-state index in [9.17, 15) is 4.79 Å². The molecule has 0 bridgehead atoms. The molecule has 1 N–H and O–H groups in total. The third kappa shape index (κ3) is 2.34. The lowest BCUT2D eigenvalue weighted by molar-refractivity contribution is 0.0528. The molecule has 0 unspecified atom stereocenters. The van der Waals surface area contributed by atoms with Gasteiger partial charge in [-0.3, -0.25) is 0 Å². The monoisotopic (exact) mass is 276 g/mol. The number of carbonyl (C=O) groups excluding carboxylic acids is 1. The number of hydrogen-bond acceptors (Lipinski definition) is 6. The maximum absolute atomic E-state index is 11.9. The van der Waals surface area contributed by atoms with Crippen LogP contribution in [0.4, 0.5) is 0 Å². The summed E-state index contributed by atoms with van der Waals surface area (Å²) < 4.78 is 6.53. The third-order valence-electron chi connectivity index (χ3n) is 2.90. The van der Waals surface area contributed by atoms with Crippen molar-refractivity contribution in [3.8, 4) is 0 Å². The van der Waals surface area contributed by atoms with Gasteiger partial charge in [-0.05, 0) is 26.3 Å². The van der Waals surface area contributed by atoms with E-state index in [-0.39, 0.29) is 6.61 Å². The van der Waals surface area contributed by atoms with Crippen molar-refractivity contribution in [2.45, 2.75) is 27.2 Å². The van der Waals surface area contributed by atoms with E-state index in [0.717, 1.165) is 5.69 Å². The molecule has 7 nitrogen and oxygen atoms in total. The molecule has 2 heterocycles.